The summed E-state index contributed by atoms with van der Waals surface area (Å²) in [5.41, 5.74) is 3.72. The van der Waals surface area contributed by atoms with Gasteiger partial charge in [-0.15, -0.1) is 0 Å². The highest BCUT2D eigenvalue weighted by Crippen LogP contribution is 2.30. The number of rotatable bonds is 4. The number of para-hydroxylation sites is 1. The Morgan fingerprint density at radius 3 is 2.79 bits per heavy atom. The molecule has 2 aromatic rings. The third-order valence-electron chi connectivity index (χ3n) is 4.44. The number of carbonyl (C=O) groups excluding carboxylic acids is 1. The van der Waals surface area contributed by atoms with Crippen molar-refractivity contribution in [3.63, 3.8) is 0 Å². The van der Waals surface area contributed by atoms with Crippen LogP contribution >= 0.6 is 0 Å². The molecule has 0 radical (unpaired) electrons. The summed E-state index contributed by atoms with van der Waals surface area (Å²) in [7, 11) is 0. The maximum Gasteiger partial charge on any atom is 0.242 e. The molecular formula is C18H21N5O. The van der Waals surface area contributed by atoms with Gasteiger partial charge < -0.3 is 5.32 Å². The molecular weight excluding hydrogens is 302 g/mol. The van der Waals surface area contributed by atoms with Crippen LogP contribution < -0.4 is 5.32 Å². The van der Waals surface area contributed by atoms with Gasteiger partial charge in [-0.2, -0.15) is 10.4 Å². The Hall–Kier alpha value is -2.65. The zero-order valence-electron chi connectivity index (χ0n) is 14.0. The maximum atomic E-state index is 12.5. The average molecular weight is 323 g/mol. The van der Waals surface area contributed by atoms with Crippen LogP contribution in [0.3, 0.4) is 0 Å². The number of nitrogens with zero attached hydrogens (tertiary/aromatic N) is 4. The first kappa shape index (κ1) is 16.2. The first-order valence-corrected chi connectivity index (χ1v) is 8.13. The predicted octanol–water partition coefficient (Wildman–Crippen LogP) is 1.88. The summed E-state index contributed by atoms with van der Waals surface area (Å²) in [6.45, 7) is 5.88. The lowest BCUT2D eigenvalue weighted by molar-refractivity contribution is -0.129. The van der Waals surface area contributed by atoms with Gasteiger partial charge >= 0.3 is 0 Å². The van der Waals surface area contributed by atoms with Crippen LogP contribution in [0.2, 0.25) is 0 Å². The van der Waals surface area contributed by atoms with Gasteiger partial charge in [-0.25, -0.2) is 4.68 Å². The molecule has 24 heavy (non-hydrogen) atoms. The number of aryl methyl sites for hydroxylation is 1. The summed E-state index contributed by atoms with van der Waals surface area (Å²) in [4.78, 5) is 14.6. The van der Waals surface area contributed by atoms with Gasteiger partial charge in [-0.05, 0) is 26.0 Å². The molecule has 1 aromatic heterocycles. The van der Waals surface area contributed by atoms with E-state index in [1.54, 1.807) is 0 Å². The number of piperazine rings is 1. The number of nitriles is 1. The van der Waals surface area contributed by atoms with Gasteiger partial charge in [0.25, 0.3) is 0 Å². The van der Waals surface area contributed by atoms with E-state index in [0.717, 1.165) is 29.2 Å². The predicted molar refractivity (Wildman–Crippen MR) is 90.6 cm³/mol. The molecule has 6 nitrogen and oxygen atoms in total. The third kappa shape index (κ3) is 2.91. The lowest BCUT2D eigenvalue weighted by Crippen LogP contribution is -2.50. The van der Waals surface area contributed by atoms with E-state index in [0.29, 0.717) is 19.5 Å². The van der Waals surface area contributed by atoms with Gasteiger partial charge in [0.2, 0.25) is 5.91 Å². The zero-order chi connectivity index (χ0) is 17.1. The second-order valence-corrected chi connectivity index (χ2v) is 5.97. The van der Waals surface area contributed by atoms with Gasteiger partial charge in [0, 0.05) is 37.3 Å². The van der Waals surface area contributed by atoms with Crippen molar-refractivity contribution in [1.82, 2.24) is 20.0 Å². The SMILES string of the molecule is Cc1nn(-c2ccccc2)c(C)c1C1C(=O)NCCN1CCC#N. The quantitative estimate of drug-likeness (QED) is 0.932. The van der Waals surface area contributed by atoms with Crippen LogP contribution in [0, 0.1) is 25.2 Å². The van der Waals surface area contributed by atoms with E-state index in [2.05, 4.69) is 21.4 Å². The van der Waals surface area contributed by atoms with Gasteiger partial charge in [-0.1, -0.05) is 18.2 Å². The van der Waals surface area contributed by atoms with Gasteiger partial charge in [0.15, 0.2) is 0 Å². The third-order valence-corrected chi connectivity index (χ3v) is 4.44. The Balaban J connectivity index is 2.02. The molecule has 1 saturated heterocycles. The Morgan fingerprint density at radius 1 is 1.33 bits per heavy atom. The smallest absolute Gasteiger partial charge is 0.242 e. The fourth-order valence-corrected chi connectivity index (χ4v) is 3.33. The summed E-state index contributed by atoms with van der Waals surface area (Å²) in [5.74, 6) is -0.0157. The van der Waals surface area contributed by atoms with Gasteiger partial charge in [0.1, 0.15) is 6.04 Å². The molecule has 1 fully saturated rings. The van der Waals surface area contributed by atoms with Crippen molar-refractivity contribution < 1.29 is 4.79 Å². The highest BCUT2D eigenvalue weighted by molar-refractivity contribution is 5.84. The number of amides is 1. The van der Waals surface area contributed by atoms with E-state index >= 15 is 0 Å². The highest BCUT2D eigenvalue weighted by atomic mass is 16.2. The first-order chi connectivity index (χ1) is 11.6. The number of carbonyl (C=O) groups is 1. The maximum absolute atomic E-state index is 12.5. The molecule has 0 aliphatic carbocycles. The standard InChI is InChI=1S/C18H21N5O/c1-13-16(14(2)23(21-13)15-7-4-3-5-8-15)17-18(24)20-10-12-22(17)11-6-9-19/h3-5,7-8,17H,6,10-12H2,1-2H3,(H,20,24). The molecule has 1 aliphatic heterocycles. The van der Waals surface area contributed by atoms with Crippen molar-refractivity contribution in [3.05, 3.63) is 47.3 Å². The van der Waals surface area contributed by atoms with Crippen molar-refractivity contribution in [2.75, 3.05) is 19.6 Å². The lowest BCUT2D eigenvalue weighted by atomic mass is 10.00. The Morgan fingerprint density at radius 2 is 2.08 bits per heavy atom. The summed E-state index contributed by atoms with van der Waals surface area (Å²) >= 11 is 0. The van der Waals surface area contributed by atoms with Crippen LogP contribution in [0.25, 0.3) is 5.69 Å². The Kier molecular flexibility index (Phi) is 4.63. The zero-order valence-corrected chi connectivity index (χ0v) is 14.0. The van der Waals surface area contributed by atoms with E-state index in [9.17, 15) is 4.79 Å². The van der Waals surface area contributed by atoms with Crippen molar-refractivity contribution >= 4 is 5.91 Å². The lowest BCUT2D eigenvalue weighted by Gasteiger charge is -2.34. The number of hydrogen-bond donors (Lipinski definition) is 1. The van der Waals surface area contributed by atoms with E-state index in [-0.39, 0.29) is 11.9 Å². The molecule has 1 N–H and O–H groups in total. The Labute approximate surface area is 141 Å². The monoisotopic (exact) mass is 323 g/mol. The molecule has 6 heteroatoms. The summed E-state index contributed by atoms with van der Waals surface area (Å²) in [5, 5.41) is 16.5. The van der Waals surface area contributed by atoms with Crippen LogP contribution in [0.4, 0.5) is 0 Å². The molecule has 1 unspecified atom stereocenters. The van der Waals surface area contributed by atoms with Gasteiger partial charge in [-0.3, -0.25) is 9.69 Å². The number of hydrogen-bond acceptors (Lipinski definition) is 4. The highest BCUT2D eigenvalue weighted by Gasteiger charge is 2.35. The van der Waals surface area contributed by atoms with E-state index in [4.69, 9.17) is 5.26 Å². The minimum atomic E-state index is -0.385. The van der Waals surface area contributed by atoms with E-state index < -0.39 is 0 Å². The van der Waals surface area contributed by atoms with Gasteiger partial charge in [0.05, 0.1) is 17.5 Å². The number of aromatic nitrogens is 2. The molecule has 1 aliphatic rings. The van der Waals surface area contributed by atoms with Crippen molar-refractivity contribution in [2.45, 2.75) is 26.3 Å². The average Bonchev–Trinajstić information content (AvgIpc) is 2.89. The molecule has 3 rings (SSSR count). The topological polar surface area (TPSA) is 74.0 Å². The second kappa shape index (κ2) is 6.85. The fourth-order valence-electron chi connectivity index (χ4n) is 3.33. The van der Waals surface area contributed by atoms with Crippen molar-refractivity contribution in [1.29, 1.82) is 5.26 Å². The largest absolute Gasteiger partial charge is 0.353 e. The molecule has 1 amide bonds. The fraction of sp³-hybridized carbons (Fsp3) is 0.389. The second-order valence-electron chi connectivity index (χ2n) is 5.97. The van der Waals surface area contributed by atoms with E-state index in [1.165, 1.54) is 0 Å². The molecule has 2 heterocycles. The van der Waals surface area contributed by atoms with Crippen LogP contribution in [0.1, 0.15) is 29.4 Å². The molecule has 0 saturated carbocycles. The Bertz CT molecular complexity index is 775. The summed E-state index contributed by atoms with van der Waals surface area (Å²) < 4.78 is 1.88. The van der Waals surface area contributed by atoms with Crippen LogP contribution in [0.5, 0.6) is 0 Å². The summed E-state index contributed by atoms with van der Waals surface area (Å²) in [6, 6.07) is 11.7. The molecule has 1 aromatic carbocycles. The van der Waals surface area contributed by atoms with Crippen molar-refractivity contribution in [3.8, 4) is 11.8 Å². The molecule has 124 valence electrons. The molecule has 1 atom stereocenters. The van der Waals surface area contributed by atoms with E-state index in [1.807, 2.05) is 48.9 Å². The first-order valence-electron chi connectivity index (χ1n) is 8.13. The molecule has 0 spiro atoms. The van der Waals surface area contributed by atoms with Crippen LogP contribution in [-0.4, -0.2) is 40.2 Å². The normalized spacial score (nSPS) is 18.2. The number of benzene rings is 1. The minimum Gasteiger partial charge on any atom is -0.353 e. The van der Waals surface area contributed by atoms with Crippen molar-refractivity contribution in [2.24, 2.45) is 0 Å². The minimum absolute atomic E-state index is 0.0157. The van der Waals surface area contributed by atoms with Crippen LogP contribution in [-0.2, 0) is 4.79 Å². The summed E-state index contributed by atoms with van der Waals surface area (Å²) in [6.07, 6.45) is 0.411. The van der Waals surface area contributed by atoms with Crippen LogP contribution in [0.15, 0.2) is 30.3 Å². The molecule has 0 bridgehead atoms. The number of nitrogens with one attached hydrogen (secondary N) is 1.